The molecule has 0 radical (unpaired) electrons. The van der Waals surface area contributed by atoms with Gasteiger partial charge in [-0.05, 0) is 38.9 Å². The molecule has 2 unspecified atom stereocenters. The molecule has 0 spiro atoms. The number of hydrogen-bond donors (Lipinski definition) is 1. The Balaban J connectivity index is 2.69. The molecule has 110 valence electrons. The van der Waals surface area contributed by atoms with Gasteiger partial charge in [0.25, 0.3) is 0 Å². The molecule has 0 fully saturated rings. The zero-order valence-corrected chi connectivity index (χ0v) is 12.0. The van der Waals surface area contributed by atoms with Crippen LogP contribution in [0.4, 0.5) is 8.78 Å². The van der Waals surface area contributed by atoms with Crippen molar-refractivity contribution in [1.82, 2.24) is 5.32 Å². The van der Waals surface area contributed by atoms with Gasteiger partial charge in [-0.3, -0.25) is 5.32 Å². The summed E-state index contributed by atoms with van der Waals surface area (Å²) < 4.78 is 31.9. The third kappa shape index (κ3) is 4.78. The van der Waals surface area contributed by atoms with Crippen molar-refractivity contribution in [3.63, 3.8) is 0 Å². The van der Waals surface area contributed by atoms with E-state index in [9.17, 15) is 14.0 Å². The summed E-state index contributed by atoms with van der Waals surface area (Å²) in [4.78, 5) is 0. The quantitative estimate of drug-likeness (QED) is 0.833. The predicted octanol–water partition coefficient (Wildman–Crippen LogP) is 3.40. The van der Waals surface area contributed by atoms with E-state index in [0.29, 0.717) is 13.0 Å². The van der Waals surface area contributed by atoms with E-state index in [1.807, 2.05) is 6.92 Å². The van der Waals surface area contributed by atoms with Gasteiger partial charge in [-0.1, -0.05) is 6.92 Å². The lowest BCUT2D eigenvalue weighted by atomic mass is 9.96. The molecule has 2 atom stereocenters. The fourth-order valence-electron chi connectivity index (χ4n) is 1.96. The molecule has 0 saturated heterocycles. The molecule has 5 heteroatoms. The monoisotopic (exact) mass is 282 g/mol. The number of hydrogen-bond acceptors (Lipinski definition) is 3. The SMILES string of the molecule is CCCNC(C)(C#N)CC(C)Oc1cc(F)ccc1F. The summed E-state index contributed by atoms with van der Waals surface area (Å²) in [5.74, 6) is -1.30. The fourth-order valence-corrected chi connectivity index (χ4v) is 1.96. The average Bonchev–Trinajstić information content (AvgIpc) is 2.40. The van der Waals surface area contributed by atoms with E-state index in [-0.39, 0.29) is 5.75 Å². The molecule has 0 aliphatic carbocycles. The van der Waals surface area contributed by atoms with Crippen molar-refractivity contribution in [2.45, 2.75) is 45.3 Å². The first-order chi connectivity index (χ1) is 9.40. The van der Waals surface area contributed by atoms with Crippen molar-refractivity contribution >= 4 is 0 Å². The van der Waals surface area contributed by atoms with E-state index >= 15 is 0 Å². The smallest absolute Gasteiger partial charge is 0.165 e. The summed E-state index contributed by atoms with van der Waals surface area (Å²) >= 11 is 0. The van der Waals surface area contributed by atoms with Crippen molar-refractivity contribution in [2.75, 3.05) is 6.54 Å². The van der Waals surface area contributed by atoms with Crippen LogP contribution in [-0.4, -0.2) is 18.2 Å². The molecule has 1 N–H and O–H groups in total. The highest BCUT2D eigenvalue weighted by Gasteiger charge is 2.26. The second kappa shape index (κ2) is 7.20. The maximum Gasteiger partial charge on any atom is 0.165 e. The Morgan fingerprint density at radius 2 is 2.15 bits per heavy atom. The lowest BCUT2D eigenvalue weighted by molar-refractivity contribution is 0.172. The molecule has 0 aromatic heterocycles. The highest BCUT2D eigenvalue weighted by Crippen LogP contribution is 2.22. The van der Waals surface area contributed by atoms with Crippen molar-refractivity contribution in [3.05, 3.63) is 29.8 Å². The molecular formula is C15H20F2N2O. The lowest BCUT2D eigenvalue weighted by Gasteiger charge is -2.27. The molecule has 3 nitrogen and oxygen atoms in total. The normalized spacial score (nSPS) is 15.2. The van der Waals surface area contributed by atoms with Gasteiger partial charge in [-0.2, -0.15) is 5.26 Å². The minimum atomic E-state index is -0.751. The number of nitrogens with zero attached hydrogens (tertiary/aromatic N) is 1. The molecule has 1 aromatic rings. The van der Waals surface area contributed by atoms with E-state index in [1.165, 1.54) is 0 Å². The van der Waals surface area contributed by atoms with Gasteiger partial charge in [0.05, 0.1) is 12.2 Å². The lowest BCUT2D eigenvalue weighted by Crippen LogP contribution is -2.44. The van der Waals surface area contributed by atoms with Crippen LogP contribution in [0, 0.1) is 23.0 Å². The van der Waals surface area contributed by atoms with Gasteiger partial charge >= 0.3 is 0 Å². The molecule has 0 saturated carbocycles. The topological polar surface area (TPSA) is 45.0 Å². The van der Waals surface area contributed by atoms with Crippen LogP contribution in [0.5, 0.6) is 5.75 Å². The minimum absolute atomic E-state index is 0.131. The van der Waals surface area contributed by atoms with E-state index < -0.39 is 23.3 Å². The standard InChI is InChI=1S/C15H20F2N2O/c1-4-7-19-15(3,10-18)9-11(2)20-14-8-12(16)5-6-13(14)17/h5-6,8,11,19H,4,7,9H2,1-3H3. The van der Waals surface area contributed by atoms with Gasteiger partial charge in [0.2, 0.25) is 0 Å². The molecule has 0 aliphatic heterocycles. The first kappa shape index (κ1) is 16.4. The zero-order valence-electron chi connectivity index (χ0n) is 12.0. The highest BCUT2D eigenvalue weighted by atomic mass is 19.1. The molecule has 0 amide bonds. The first-order valence-electron chi connectivity index (χ1n) is 6.68. The van der Waals surface area contributed by atoms with Crippen LogP contribution < -0.4 is 10.1 Å². The van der Waals surface area contributed by atoms with Crippen molar-refractivity contribution in [2.24, 2.45) is 0 Å². The molecule has 1 rings (SSSR count). The fraction of sp³-hybridized carbons (Fsp3) is 0.533. The van der Waals surface area contributed by atoms with Crippen LogP contribution in [-0.2, 0) is 0 Å². The Labute approximate surface area is 118 Å². The summed E-state index contributed by atoms with van der Waals surface area (Å²) in [6.07, 6.45) is 0.866. The summed E-state index contributed by atoms with van der Waals surface area (Å²) in [7, 11) is 0. The van der Waals surface area contributed by atoms with Gasteiger partial charge in [0, 0.05) is 12.5 Å². The molecule has 0 bridgehead atoms. The number of halogens is 2. The molecule has 0 heterocycles. The van der Waals surface area contributed by atoms with Crippen LogP contribution in [0.15, 0.2) is 18.2 Å². The van der Waals surface area contributed by atoms with E-state index in [1.54, 1.807) is 13.8 Å². The Morgan fingerprint density at radius 3 is 2.75 bits per heavy atom. The zero-order chi connectivity index (χ0) is 15.2. The number of nitriles is 1. The van der Waals surface area contributed by atoms with Crippen LogP contribution >= 0.6 is 0 Å². The van der Waals surface area contributed by atoms with Gasteiger partial charge in [-0.25, -0.2) is 8.78 Å². The summed E-state index contributed by atoms with van der Waals surface area (Å²) in [5, 5.41) is 12.4. The van der Waals surface area contributed by atoms with Crippen LogP contribution in [0.2, 0.25) is 0 Å². The molecular weight excluding hydrogens is 262 g/mol. The van der Waals surface area contributed by atoms with Gasteiger partial charge in [-0.15, -0.1) is 0 Å². The van der Waals surface area contributed by atoms with E-state index in [2.05, 4.69) is 11.4 Å². The first-order valence-corrected chi connectivity index (χ1v) is 6.68. The van der Waals surface area contributed by atoms with Crippen LogP contribution in [0.3, 0.4) is 0 Å². The second-order valence-corrected chi connectivity index (χ2v) is 5.08. The maximum absolute atomic E-state index is 13.5. The molecule has 1 aromatic carbocycles. The number of benzene rings is 1. The highest BCUT2D eigenvalue weighted by molar-refractivity contribution is 5.25. The van der Waals surface area contributed by atoms with E-state index in [0.717, 1.165) is 24.6 Å². The van der Waals surface area contributed by atoms with E-state index in [4.69, 9.17) is 4.74 Å². The molecule has 0 aliphatic rings. The Hall–Kier alpha value is -1.67. The van der Waals surface area contributed by atoms with Crippen molar-refractivity contribution in [3.8, 4) is 11.8 Å². The summed E-state index contributed by atoms with van der Waals surface area (Å²) in [6.45, 7) is 6.22. The largest absolute Gasteiger partial charge is 0.487 e. The third-order valence-corrected chi connectivity index (χ3v) is 2.93. The predicted molar refractivity (Wildman–Crippen MR) is 73.4 cm³/mol. The van der Waals surface area contributed by atoms with Crippen LogP contribution in [0.25, 0.3) is 0 Å². The number of ether oxygens (including phenoxy) is 1. The summed E-state index contributed by atoms with van der Waals surface area (Å²) in [6, 6.07) is 5.27. The molecule has 20 heavy (non-hydrogen) atoms. The number of nitrogens with one attached hydrogen (secondary N) is 1. The minimum Gasteiger partial charge on any atom is -0.487 e. The third-order valence-electron chi connectivity index (χ3n) is 2.93. The Morgan fingerprint density at radius 1 is 1.45 bits per heavy atom. The van der Waals surface area contributed by atoms with Gasteiger partial charge in [0.1, 0.15) is 11.4 Å². The summed E-state index contributed by atoms with van der Waals surface area (Å²) in [5.41, 5.74) is -0.751. The van der Waals surface area contributed by atoms with Crippen LogP contribution in [0.1, 0.15) is 33.6 Å². The number of rotatable bonds is 7. The van der Waals surface area contributed by atoms with Crippen molar-refractivity contribution in [1.29, 1.82) is 5.26 Å². The van der Waals surface area contributed by atoms with Crippen molar-refractivity contribution < 1.29 is 13.5 Å². The second-order valence-electron chi connectivity index (χ2n) is 5.08. The Kier molecular flexibility index (Phi) is 5.90. The maximum atomic E-state index is 13.5. The van der Waals surface area contributed by atoms with Gasteiger partial charge < -0.3 is 4.74 Å². The Bertz CT molecular complexity index is 487. The van der Waals surface area contributed by atoms with Gasteiger partial charge in [0.15, 0.2) is 11.6 Å². The average molecular weight is 282 g/mol.